The fourth-order valence-corrected chi connectivity index (χ4v) is 2.31. The average molecular weight is 155 g/mol. The van der Waals surface area contributed by atoms with E-state index in [1.165, 1.54) is 6.54 Å². The first kappa shape index (κ1) is 7.56. The molecule has 0 unspecified atom stereocenters. The predicted molar refractivity (Wildman–Crippen MR) is 44.6 cm³/mol. The van der Waals surface area contributed by atoms with Gasteiger partial charge in [0, 0.05) is 24.0 Å². The zero-order chi connectivity index (χ0) is 8.06. The molecule has 0 aromatic heterocycles. The summed E-state index contributed by atoms with van der Waals surface area (Å²) in [4.78, 5) is 2.53. The molecule has 2 rings (SSSR count). The van der Waals surface area contributed by atoms with E-state index in [2.05, 4.69) is 25.7 Å². The molecule has 11 heavy (non-hydrogen) atoms. The fraction of sp³-hybridized carbons (Fsp3) is 1.00. The maximum Gasteiger partial charge on any atom is 0.0628 e. The molecule has 0 saturated carbocycles. The highest BCUT2D eigenvalue weighted by atomic mass is 16.5. The first-order valence-electron chi connectivity index (χ1n) is 4.47. The molecule has 2 aliphatic heterocycles. The minimum absolute atomic E-state index is 0.490. The standard InChI is InChI=1S/C9H17NO/c1-7(2)10-5-9(3)6-11-4-8(9)10/h7-8H,4-6H2,1-3H3/t8-,9+/m0/s1. The second-order valence-electron chi connectivity index (χ2n) is 4.45. The molecule has 2 saturated heterocycles. The van der Waals surface area contributed by atoms with Crippen LogP contribution in [0.2, 0.25) is 0 Å². The van der Waals surface area contributed by atoms with Gasteiger partial charge in [-0.15, -0.1) is 0 Å². The number of fused-ring (bicyclic) bond motifs is 1. The first-order chi connectivity index (χ1) is 5.13. The van der Waals surface area contributed by atoms with Crippen molar-refractivity contribution >= 4 is 0 Å². The van der Waals surface area contributed by atoms with Gasteiger partial charge in [-0.25, -0.2) is 0 Å². The summed E-state index contributed by atoms with van der Waals surface area (Å²) in [5.74, 6) is 0. The van der Waals surface area contributed by atoms with Gasteiger partial charge in [0.15, 0.2) is 0 Å². The number of likely N-dealkylation sites (tertiary alicyclic amines) is 1. The summed E-state index contributed by atoms with van der Waals surface area (Å²) >= 11 is 0. The molecule has 2 heteroatoms. The Bertz CT molecular complexity index is 169. The Labute approximate surface area is 68.5 Å². The van der Waals surface area contributed by atoms with E-state index in [9.17, 15) is 0 Å². The molecule has 0 aromatic carbocycles. The zero-order valence-electron chi connectivity index (χ0n) is 7.63. The summed E-state index contributed by atoms with van der Waals surface area (Å²) < 4.78 is 5.47. The van der Waals surface area contributed by atoms with E-state index in [1.807, 2.05) is 0 Å². The van der Waals surface area contributed by atoms with E-state index in [1.54, 1.807) is 0 Å². The molecular weight excluding hydrogens is 138 g/mol. The van der Waals surface area contributed by atoms with Crippen LogP contribution in [0.3, 0.4) is 0 Å². The fourth-order valence-electron chi connectivity index (χ4n) is 2.31. The van der Waals surface area contributed by atoms with Crippen LogP contribution in [0.4, 0.5) is 0 Å². The van der Waals surface area contributed by atoms with Crippen LogP contribution in [0.1, 0.15) is 20.8 Å². The van der Waals surface area contributed by atoms with Crippen molar-refractivity contribution in [3.8, 4) is 0 Å². The summed E-state index contributed by atoms with van der Waals surface area (Å²) in [6.45, 7) is 10.0. The van der Waals surface area contributed by atoms with Crippen LogP contribution in [-0.2, 0) is 4.74 Å². The maximum atomic E-state index is 5.47. The van der Waals surface area contributed by atoms with Crippen molar-refractivity contribution in [1.82, 2.24) is 4.90 Å². The third-order valence-corrected chi connectivity index (χ3v) is 3.12. The third kappa shape index (κ3) is 0.926. The smallest absolute Gasteiger partial charge is 0.0628 e. The van der Waals surface area contributed by atoms with Gasteiger partial charge < -0.3 is 4.74 Å². The lowest BCUT2D eigenvalue weighted by Gasteiger charge is -2.53. The maximum absolute atomic E-state index is 5.47. The van der Waals surface area contributed by atoms with E-state index < -0.39 is 0 Å². The molecule has 0 N–H and O–H groups in total. The normalized spacial score (nSPS) is 44.2. The van der Waals surface area contributed by atoms with Crippen molar-refractivity contribution in [2.75, 3.05) is 19.8 Å². The molecule has 2 atom stereocenters. The minimum Gasteiger partial charge on any atom is -0.379 e. The molecule has 2 aliphatic rings. The highest BCUT2D eigenvalue weighted by Crippen LogP contribution is 2.43. The Morgan fingerprint density at radius 1 is 1.55 bits per heavy atom. The van der Waals surface area contributed by atoms with Gasteiger partial charge in [0.25, 0.3) is 0 Å². The average Bonchev–Trinajstić information content (AvgIpc) is 2.15. The summed E-state index contributed by atoms with van der Waals surface area (Å²) in [5, 5.41) is 0. The van der Waals surface area contributed by atoms with Crippen LogP contribution in [0.25, 0.3) is 0 Å². The number of hydrogen-bond donors (Lipinski definition) is 0. The van der Waals surface area contributed by atoms with Crippen molar-refractivity contribution in [1.29, 1.82) is 0 Å². The Kier molecular flexibility index (Phi) is 1.52. The molecule has 0 bridgehead atoms. The van der Waals surface area contributed by atoms with Gasteiger partial charge in [-0.1, -0.05) is 6.92 Å². The van der Waals surface area contributed by atoms with Crippen LogP contribution in [-0.4, -0.2) is 36.7 Å². The van der Waals surface area contributed by atoms with Gasteiger partial charge in [0.1, 0.15) is 0 Å². The molecule has 2 fully saturated rings. The van der Waals surface area contributed by atoms with Gasteiger partial charge in [0.05, 0.1) is 13.2 Å². The van der Waals surface area contributed by atoms with Crippen LogP contribution in [0.15, 0.2) is 0 Å². The minimum atomic E-state index is 0.490. The number of ether oxygens (including phenoxy) is 1. The molecule has 2 heterocycles. The lowest BCUT2D eigenvalue weighted by Crippen LogP contribution is -2.64. The number of rotatable bonds is 1. The first-order valence-corrected chi connectivity index (χ1v) is 4.47. The van der Waals surface area contributed by atoms with Crippen LogP contribution in [0, 0.1) is 5.41 Å². The van der Waals surface area contributed by atoms with Crippen molar-refractivity contribution in [3.05, 3.63) is 0 Å². The van der Waals surface area contributed by atoms with E-state index >= 15 is 0 Å². The molecule has 0 spiro atoms. The van der Waals surface area contributed by atoms with Crippen LogP contribution >= 0.6 is 0 Å². The van der Waals surface area contributed by atoms with Gasteiger partial charge in [0.2, 0.25) is 0 Å². The van der Waals surface area contributed by atoms with Crippen LogP contribution in [0.5, 0.6) is 0 Å². The Morgan fingerprint density at radius 2 is 2.27 bits per heavy atom. The third-order valence-electron chi connectivity index (χ3n) is 3.12. The topological polar surface area (TPSA) is 12.5 Å². The molecule has 0 radical (unpaired) electrons. The monoisotopic (exact) mass is 155 g/mol. The van der Waals surface area contributed by atoms with Gasteiger partial charge >= 0.3 is 0 Å². The van der Waals surface area contributed by atoms with E-state index in [-0.39, 0.29) is 0 Å². The lowest BCUT2D eigenvalue weighted by atomic mass is 9.75. The molecule has 64 valence electrons. The highest BCUT2D eigenvalue weighted by Gasteiger charge is 2.53. The molecule has 2 nitrogen and oxygen atoms in total. The Balaban J connectivity index is 2.04. The van der Waals surface area contributed by atoms with E-state index in [0.717, 1.165) is 13.2 Å². The zero-order valence-corrected chi connectivity index (χ0v) is 7.63. The molecule has 0 aliphatic carbocycles. The Hall–Kier alpha value is -0.0800. The molecular formula is C9H17NO. The lowest BCUT2D eigenvalue weighted by molar-refractivity contribution is -0.0471. The quantitative estimate of drug-likeness (QED) is 0.562. The summed E-state index contributed by atoms with van der Waals surface area (Å²) in [6.07, 6.45) is 0. The van der Waals surface area contributed by atoms with E-state index in [4.69, 9.17) is 4.74 Å². The van der Waals surface area contributed by atoms with Crippen molar-refractivity contribution < 1.29 is 4.74 Å². The molecule has 0 aromatic rings. The highest BCUT2D eigenvalue weighted by molar-refractivity contribution is 5.05. The summed E-state index contributed by atoms with van der Waals surface area (Å²) in [7, 11) is 0. The van der Waals surface area contributed by atoms with Crippen LogP contribution < -0.4 is 0 Å². The second-order valence-corrected chi connectivity index (χ2v) is 4.45. The Morgan fingerprint density at radius 3 is 2.82 bits per heavy atom. The molecule has 0 amide bonds. The SMILES string of the molecule is CC(C)N1C[C@]2(C)COC[C@H]12. The predicted octanol–water partition coefficient (Wildman–Crippen LogP) is 1.12. The van der Waals surface area contributed by atoms with Crippen molar-refractivity contribution in [2.24, 2.45) is 5.41 Å². The number of nitrogens with zero attached hydrogens (tertiary/aromatic N) is 1. The number of hydrogen-bond acceptors (Lipinski definition) is 2. The summed E-state index contributed by atoms with van der Waals surface area (Å²) in [6, 6.07) is 1.40. The van der Waals surface area contributed by atoms with Crippen molar-refractivity contribution in [3.63, 3.8) is 0 Å². The van der Waals surface area contributed by atoms with Gasteiger partial charge in [-0.2, -0.15) is 0 Å². The second kappa shape index (κ2) is 2.20. The summed E-state index contributed by atoms with van der Waals surface area (Å²) in [5.41, 5.74) is 0.490. The van der Waals surface area contributed by atoms with E-state index in [0.29, 0.717) is 17.5 Å². The largest absolute Gasteiger partial charge is 0.379 e. The van der Waals surface area contributed by atoms with Gasteiger partial charge in [-0.05, 0) is 13.8 Å². The van der Waals surface area contributed by atoms with Crippen molar-refractivity contribution in [2.45, 2.75) is 32.9 Å². The van der Waals surface area contributed by atoms with Gasteiger partial charge in [-0.3, -0.25) is 4.90 Å².